The molecule has 3 aromatic carbocycles. The summed E-state index contributed by atoms with van der Waals surface area (Å²) in [6, 6.07) is 24.1. The number of nitrogens with one attached hydrogen (secondary N) is 1. The molecule has 4 rings (SSSR count). The predicted octanol–water partition coefficient (Wildman–Crippen LogP) is 4.99. The fourth-order valence-electron chi connectivity index (χ4n) is 3.13. The molecule has 1 aliphatic rings. The first-order chi connectivity index (χ1) is 14.6. The number of para-hydroxylation sites is 2. The molecule has 6 heteroatoms. The van der Waals surface area contributed by atoms with Gasteiger partial charge in [0.15, 0.2) is 0 Å². The van der Waals surface area contributed by atoms with Gasteiger partial charge in [0.1, 0.15) is 16.4 Å². The Morgan fingerprint density at radius 2 is 1.50 bits per heavy atom. The van der Waals surface area contributed by atoms with E-state index in [1.165, 1.54) is 16.7 Å². The van der Waals surface area contributed by atoms with Gasteiger partial charge in [-0.25, -0.2) is 4.90 Å². The SMILES string of the molecule is COc1ccccc1NC1=C(Sc2ccccc2)C(=O)N(c2ccc(C)cc2)C1=O. The van der Waals surface area contributed by atoms with Crippen molar-refractivity contribution in [1.82, 2.24) is 0 Å². The minimum absolute atomic E-state index is 0.235. The van der Waals surface area contributed by atoms with Gasteiger partial charge in [0.05, 0.1) is 18.5 Å². The fourth-order valence-corrected chi connectivity index (χ4v) is 4.08. The third-order valence-electron chi connectivity index (χ3n) is 4.66. The first-order valence-electron chi connectivity index (χ1n) is 9.41. The molecule has 30 heavy (non-hydrogen) atoms. The number of anilines is 2. The summed E-state index contributed by atoms with van der Waals surface area (Å²) in [4.78, 5) is 29.1. The summed E-state index contributed by atoms with van der Waals surface area (Å²) in [5, 5.41) is 3.14. The number of amides is 2. The van der Waals surface area contributed by atoms with E-state index in [-0.39, 0.29) is 11.6 Å². The molecular weight excluding hydrogens is 396 g/mol. The quantitative estimate of drug-likeness (QED) is 0.574. The monoisotopic (exact) mass is 416 g/mol. The van der Waals surface area contributed by atoms with E-state index in [2.05, 4.69) is 5.32 Å². The lowest BCUT2D eigenvalue weighted by atomic mass is 10.2. The number of carbonyl (C=O) groups excluding carboxylic acids is 2. The normalized spacial score (nSPS) is 13.7. The molecule has 5 nitrogen and oxygen atoms in total. The number of methoxy groups -OCH3 is 1. The number of nitrogens with zero attached hydrogens (tertiary/aromatic N) is 1. The molecule has 0 radical (unpaired) electrons. The van der Waals surface area contributed by atoms with Crippen molar-refractivity contribution in [3.8, 4) is 5.75 Å². The van der Waals surface area contributed by atoms with Gasteiger partial charge < -0.3 is 10.1 Å². The molecule has 0 saturated carbocycles. The first-order valence-corrected chi connectivity index (χ1v) is 10.2. The van der Waals surface area contributed by atoms with Gasteiger partial charge in [0, 0.05) is 4.90 Å². The van der Waals surface area contributed by atoms with Crippen LogP contribution in [-0.4, -0.2) is 18.9 Å². The number of benzene rings is 3. The molecule has 0 spiro atoms. The van der Waals surface area contributed by atoms with Gasteiger partial charge in [0.2, 0.25) is 0 Å². The number of hydrogen-bond donors (Lipinski definition) is 1. The minimum atomic E-state index is -0.395. The summed E-state index contributed by atoms with van der Waals surface area (Å²) >= 11 is 1.27. The largest absolute Gasteiger partial charge is 0.495 e. The summed E-state index contributed by atoms with van der Waals surface area (Å²) < 4.78 is 5.39. The lowest BCUT2D eigenvalue weighted by molar-refractivity contribution is -0.120. The lowest BCUT2D eigenvalue weighted by Gasteiger charge is -2.16. The molecule has 0 aromatic heterocycles. The van der Waals surface area contributed by atoms with Crippen molar-refractivity contribution in [2.45, 2.75) is 11.8 Å². The number of carbonyl (C=O) groups is 2. The molecule has 0 fully saturated rings. The standard InChI is InChI=1S/C24H20N2O3S/c1-16-12-14-17(15-13-16)26-23(27)21(25-19-10-6-7-11-20(19)29-2)22(24(26)28)30-18-8-4-3-5-9-18/h3-15,25H,1-2H3. The molecule has 1 aliphatic heterocycles. The number of aryl methyl sites for hydroxylation is 1. The second-order valence-corrected chi connectivity index (χ2v) is 7.81. The molecule has 0 atom stereocenters. The molecular formula is C24H20N2O3S. The second-order valence-electron chi connectivity index (χ2n) is 6.73. The zero-order valence-electron chi connectivity index (χ0n) is 16.6. The zero-order chi connectivity index (χ0) is 21.1. The summed E-state index contributed by atoms with van der Waals surface area (Å²) in [6.07, 6.45) is 0. The van der Waals surface area contributed by atoms with Gasteiger partial charge in [0.25, 0.3) is 11.8 Å². The van der Waals surface area contributed by atoms with Gasteiger partial charge in [-0.1, -0.05) is 59.8 Å². The average molecular weight is 417 g/mol. The van der Waals surface area contributed by atoms with Crippen LogP contribution in [0.5, 0.6) is 5.75 Å². The van der Waals surface area contributed by atoms with Crippen LogP contribution in [0.25, 0.3) is 0 Å². The zero-order valence-corrected chi connectivity index (χ0v) is 17.4. The third-order valence-corrected chi connectivity index (χ3v) is 5.75. The van der Waals surface area contributed by atoms with Crippen LogP contribution in [0.3, 0.4) is 0 Å². The first kappa shape index (κ1) is 19.8. The molecule has 0 saturated heterocycles. The Morgan fingerprint density at radius 3 is 2.20 bits per heavy atom. The van der Waals surface area contributed by atoms with Crippen LogP contribution in [0.2, 0.25) is 0 Å². The number of ether oxygens (including phenoxy) is 1. The third kappa shape index (κ3) is 3.82. The average Bonchev–Trinajstić information content (AvgIpc) is 2.99. The number of hydrogen-bond acceptors (Lipinski definition) is 5. The van der Waals surface area contributed by atoms with Gasteiger partial charge in [-0.2, -0.15) is 0 Å². The summed E-state index contributed by atoms with van der Waals surface area (Å²) in [5.41, 5.74) is 2.45. The molecule has 0 bridgehead atoms. The highest BCUT2D eigenvalue weighted by atomic mass is 32.2. The Labute approximate surface area is 179 Å². The minimum Gasteiger partial charge on any atom is -0.495 e. The van der Waals surface area contributed by atoms with Crippen molar-refractivity contribution < 1.29 is 14.3 Å². The fraction of sp³-hybridized carbons (Fsp3) is 0.0833. The highest BCUT2D eigenvalue weighted by Crippen LogP contribution is 2.38. The van der Waals surface area contributed by atoms with Crippen molar-refractivity contribution in [3.63, 3.8) is 0 Å². The highest BCUT2D eigenvalue weighted by Gasteiger charge is 2.40. The number of thioether (sulfide) groups is 1. The molecule has 1 N–H and O–H groups in total. The van der Waals surface area contributed by atoms with Crippen LogP contribution in [0.15, 0.2) is 94.4 Å². The molecule has 1 heterocycles. The van der Waals surface area contributed by atoms with Crippen molar-refractivity contribution in [2.75, 3.05) is 17.3 Å². The maximum atomic E-state index is 13.3. The van der Waals surface area contributed by atoms with E-state index in [0.717, 1.165) is 10.5 Å². The number of imide groups is 1. The summed E-state index contributed by atoms with van der Waals surface area (Å²) in [6.45, 7) is 1.96. The van der Waals surface area contributed by atoms with Gasteiger partial charge in [-0.15, -0.1) is 0 Å². The van der Waals surface area contributed by atoms with Crippen LogP contribution < -0.4 is 15.0 Å². The second kappa shape index (κ2) is 8.47. The van der Waals surface area contributed by atoms with E-state index in [0.29, 0.717) is 22.0 Å². The van der Waals surface area contributed by atoms with Gasteiger partial charge in [-0.05, 0) is 43.3 Å². The van der Waals surface area contributed by atoms with Crippen molar-refractivity contribution >= 4 is 35.0 Å². The Hall–Kier alpha value is -3.51. The molecule has 2 amide bonds. The Bertz CT molecular complexity index is 1120. The smallest absolute Gasteiger partial charge is 0.283 e. The van der Waals surface area contributed by atoms with Crippen LogP contribution in [0, 0.1) is 6.92 Å². The Balaban J connectivity index is 1.76. The van der Waals surface area contributed by atoms with E-state index in [1.54, 1.807) is 25.3 Å². The van der Waals surface area contributed by atoms with Crippen LogP contribution >= 0.6 is 11.8 Å². The Morgan fingerprint density at radius 1 is 0.833 bits per heavy atom. The van der Waals surface area contributed by atoms with Crippen molar-refractivity contribution in [2.24, 2.45) is 0 Å². The lowest BCUT2D eigenvalue weighted by Crippen LogP contribution is -2.32. The van der Waals surface area contributed by atoms with Gasteiger partial charge in [-0.3, -0.25) is 9.59 Å². The van der Waals surface area contributed by atoms with E-state index < -0.39 is 5.91 Å². The molecule has 3 aromatic rings. The molecule has 0 aliphatic carbocycles. The summed E-state index contributed by atoms with van der Waals surface area (Å²) in [5.74, 6) is -0.161. The number of rotatable bonds is 6. The van der Waals surface area contributed by atoms with Crippen LogP contribution in [0.1, 0.15) is 5.56 Å². The molecule has 150 valence electrons. The maximum absolute atomic E-state index is 13.3. The Kier molecular flexibility index (Phi) is 5.59. The highest BCUT2D eigenvalue weighted by molar-refractivity contribution is 8.04. The topological polar surface area (TPSA) is 58.6 Å². The van der Waals surface area contributed by atoms with E-state index in [9.17, 15) is 9.59 Å². The van der Waals surface area contributed by atoms with E-state index in [4.69, 9.17) is 4.74 Å². The predicted molar refractivity (Wildman–Crippen MR) is 120 cm³/mol. The van der Waals surface area contributed by atoms with Crippen molar-refractivity contribution in [3.05, 3.63) is 95.0 Å². The van der Waals surface area contributed by atoms with Gasteiger partial charge >= 0.3 is 0 Å². The maximum Gasteiger partial charge on any atom is 0.283 e. The van der Waals surface area contributed by atoms with Crippen LogP contribution in [-0.2, 0) is 9.59 Å². The van der Waals surface area contributed by atoms with E-state index >= 15 is 0 Å². The van der Waals surface area contributed by atoms with Crippen molar-refractivity contribution in [1.29, 1.82) is 0 Å². The summed E-state index contributed by atoms with van der Waals surface area (Å²) in [7, 11) is 1.56. The van der Waals surface area contributed by atoms with Crippen LogP contribution in [0.4, 0.5) is 11.4 Å². The van der Waals surface area contributed by atoms with E-state index in [1.807, 2.05) is 67.6 Å². The molecule has 0 unspecified atom stereocenters.